The smallest absolute Gasteiger partial charge is 0.251 e. The van der Waals surface area contributed by atoms with E-state index in [9.17, 15) is 14.4 Å². The van der Waals surface area contributed by atoms with Crippen LogP contribution in [0.3, 0.4) is 0 Å². The molecule has 0 aliphatic rings. The average molecular weight is 323 g/mol. The number of nitrogens with one attached hydrogen (secondary N) is 2. The molecule has 0 radical (unpaired) electrons. The van der Waals surface area contributed by atoms with Gasteiger partial charge in [-0.3, -0.25) is 19.4 Å². The van der Waals surface area contributed by atoms with E-state index in [1.54, 1.807) is 49.5 Å². The Balaban J connectivity index is 1.98. The molecular weight excluding hydrogens is 306 g/mol. The van der Waals surface area contributed by atoms with E-state index >= 15 is 0 Å². The van der Waals surface area contributed by atoms with Crippen LogP contribution in [0.1, 0.15) is 24.2 Å². The van der Waals surface area contributed by atoms with E-state index in [2.05, 4.69) is 15.6 Å². The van der Waals surface area contributed by atoms with Crippen LogP contribution in [-0.4, -0.2) is 22.6 Å². The number of nitrogens with zero attached hydrogens (tertiary/aromatic N) is 1. The SMILES string of the molecule is CC(=O)c1ccc(NC(=O)/C(C)=C\C(=O)Nc2cccnc2)cc1. The van der Waals surface area contributed by atoms with Crippen LogP contribution in [0, 0.1) is 0 Å². The quantitative estimate of drug-likeness (QED) is 0.654. The summed E-state index contributed by atoms with van der Waals surface area (Å²) in [4.78, 5) is 39.0. The van der Waals surface area contributed by atoms with Crippen molar-refractivity contribution in [1.29, 1.82) is 0 Å². The Bertz CT molecular complexity index is 781. The maximum atomic E-state index is 12.1. The number of carbonyl (C=O) groups excluding carboxylic acids is 3. The van der Waals surface area contributed by atoms with Gasteiger partial charge < -0.3 is 10.6 Å². The molecule has 6 nitrogen and oxygen atoms in total. The predicted molar refractivity (Wildman–Crippen MR) is 91.7 cm³/mol. The zero-order valence-electron chi connectivity index (χ0n) is 13.4. The lowest BCUT2D eigenvalue weighted by molar-refractivity contribution is -0.114. The van der Waals surface area contributed by atoms with Crippen molar-refractivity contribution in [1.82, 2.24) is 4.98 Å². The third-order valence-electron chi connectivity index (χ3n) is 3.18. The third-order valence-corrected chi connectivity index (χ3v) is 3.18. The van der Waals surface area contributed by atoms with Crippen molar-refractivity contribution in [2.24, 2.45) is 0 Å². The molecule has 0 unspecified atom stereocenters. The zero-order valence-corrected chi connectivity index (χ0v) is 13.4. The van der Waals surface area contributed by atoms with E-state index in [0.717, 1.165) is 0 Å². The number of ketones is 1. The highest BCUT2D eigenvalue weighted by Gasteiger charge is 2.08. The molecule has 1 aromatic heterocycles. The van der Waals surface area contributed by atoms with E-state index in [1.807, 2.05) is 0 Å². The first-order valence-corrected chi connectivity index (χ1v) is 7.27. The summed E-state index contributed by atoms with van der Waals surface area (Å²) < 4.78 is 0. The van der Waals surface area contributed by atoms with Gasteiger partial charge in [-0.2, -0.15) is 0 Å². The summed E-state index contributed by atoms with van der Waals surface area (Å²) in [6.07, 6.45) is 4.32. The molecule has 2 aromatic rings. The van der Waals surface area contributed by atoms with Crippen molar-refractivity contribution >= 4 is 29.0 Å². The Kier molecular flexibility index (Phi) is 5.57. The lowest BCUT2D eigenvalue weighted by Gasteiger charge is -2.06. The van der Waals surface area contributed by atoms with Gasteiger partial charge >= 0.3 is 0 Å². The van der Waals surface area contributed by atoms with Gasteiger partial charge in [0, 0.05) is 29.1 Å². The van der Waals surface area contributed by atoms with Gasteiger partial charge in [-0.1, -0.05) is 0 Å². The molecule has 0 saturated carbocycles. The van der Waals surface area contributed by atoms with Gasteiger partial charge in [0.1, 0.15) is 0 Å². The molecule has 0 saturated heterocycles. The molecule has 0 bridgehead atoms. The summed E-state index contributed by atoms with van der Waals surface area (Å²) in [6.45, 7) is 3.02. The van der Waals surface area contributed by atoms with Crippen molar-refractivity contribution in [2.45, 2.75) is 13.8 Å². The average Bonchev–Trinajstić information content (AvgIpc) is 2.56. The largest absolute Gasteiger partial charge is 0.322 e. The third kappa shape index (κ3) is 4.88. The fourth-order valence-electron chi connectivity index (χ4n) is 1.90. The van der Waals surface area contributed by atoms with E-state index in [-0.39, 0.29) is 11.4 Å². The molecule has 2 rings (SSSR count). The van der Waals surface area contributed by atoms with Crippen LogP contribution >= 0.6 is 0 Å². The Morgan fingerprint density at radius 1 is 0.958 bits per heavy atom. The Labute approximate surface area is 139 Å². The van der Waals surface area contributed by atoms with Crippen LogP contribution in [0.15, 0.2) is 60.4 Å². The molecule has 2 N–H and O–H groups in total. The van der Waals surface area contributed by atoms with Gasteiger partial charge in [-0.05, 0) is 50.2 Å². The number of aromatic nitrogens is 1. The summed E-state index contributed by atoms with van der Waals surface area (Å²) in [5.74, 6) is -0.856. The minimum atomic E-state index is -0.414. The molecule has 0 aliphatic heterocycles. The topological polar surface area (TPSA) is 88.2 Å². The number of carbonyl (C=O) groups is 3. The van der Waals surface area contributed by atoms with E-state index < -0.39 is 11.8 Å². The second-order valence-electron chi connectivity index (χ2n) is 5.15. The predicted octanol–water partition coefficient (Wildman–Crippen LogP) is 2.81. The standard InChI is InChI=1S/C18H17N3O3/c1-12(10-17(23)20-16-4-3-9-19-11-16)18(24)21-15-7-5-14(6-8-15)13(2)22/h3-11H,1-2H3,(H,20,23)(H,21,24)/b12-10-. The number of hydrogen-bond donors (Lipinski definition) is 2. The van der Waals surface area contributed by atoms with Gasteiger partial charge in [0.15, 0.2) is 5.78 Å². The van der Waals surface area contributed by atoms with Crippen LogP contribution in [0.25, 0.3) is 0 Å². The van der Waals surface area contributed by atoms with Gasteiger partial charge in [0.2, 0.25) is 5.91 Å². The number of Topliss-reactive ketones (excluding diaryl/α,β-unsaturated/α-hetero) is 1. The Morgan fingerprint density at radius 3 is 2.25 bits per heavy atom. The minimum Gasteiger partial charge on any atom is -0.322 e. The summed E-state index contributed by atoms with van der Waals surface area (Å²) in [6, 6.07) is 9.93. The van der Waals surface area contributed by atoms with Gasteiger partial charge in [0.25, 0.3) is 5.91 Å². The van der Waals surface area contributed by atoms with Crippen LogP contribution in [-0.2, 0) is 9.59 Å². The lowest BCUT2D eigenvalue weighted by Crippen LogP contribution is -2.16. The van der Waals surface area contributed by atoms with Crippen LogP contribution < -0.4 is 10.6 Å². The number of amides is 2. The number of benzene rings is 1. The molecule has 1 aromatic carbocycles. The summed E-state index contributed by atoms with van der Waals surface area (Å²) in [5.41, 5.74) is 1.92. The summed E-state index contributed by atoms with van der Waals surface area (Å²) in [7, 11) is 0. The maximum absolute atomic E-state index is 12.1. The first-order valence-electron chi connectivity index (χ1n) is 7.27. The van der Waals surface area contributed by atoms with E-state index in [1.165, 1.54) is 19.2 Å². The Morgan fingerprint density at radius 2 is 1.67 bits per heavy atom. The van der Waals surface area contributed by atoms with Gasteiger partial charge in [-0.25, -0.2) is 0 Å². The number of anilines is 2. The van der Waals surface area contributed by atoms with Crippen LogP contribution in [0.4, 0.5) is 11.4 Å². The molecule has 24 heavy (non-hydrogen) atoms. The summed E-state index contributed by atoms with van der Waals surface area (Å²) in [5, 5.41) is 5.28. The molecule has 2 amide bonds. The van der Waals surface area contributed by atoms with Crippen molar-refractivity contribution in [3.05, 3.63) is 66.0 Å². The van der Waals surface area contributed by atoms with E-state index in [4.69, 9.17) is 0 Å². The minimum absolute atomic E-state index is 0.0453. The monoisotopic (exact) mass is 323 g/mol. The van der Waals surface area contributed by atoms with Gasteiger partial charge in [-0.15, -0.1) is 0 Å². The molecule has 0 aliphatic carbocycles. The van der Waals surface area contributed by atoms with Crippen molar-refractivity contribution in [2.75, 3.05) is 10.6 Å². The normalized spacial score (nSPS) is 10.8. The molecular formula is C18H17N3O3. The highest BCUT2D eigenvalue weighted by atomic mass is 16.2. The fraction of sp³-hybridized carbons (Fsp3) is 0.111. The Hall–Kier alpha value is -3.28. The van der Waals surface area contributed by atoms with Crippen LogP contribution in [0.5, 0.6) is 0 Å². The summed E-state index contributed by atoms with van der Waals surface area (Å²) >= 11 is 0. The lowest BCUT2D eigenvalue weighted by atomic mass is 10.1. The molecule has 0 atom stereocenters. The van der Waals surface area contributed by atoms with Crippen molar-refractivity contribution < 1.29 is 14.4 Å². The molecule has 122 valence electrons. The number of rotatable bonds is 5. The maximum Gasteiger partial charge on any atom is 0.251 e. The highest BCUT2D eigenvalue weighted by Crippen LogP contribution is 2.11. The fourth-order valence-corrected chi connectivity index (χ4v) is 1.90. The van der Waals surface area contributed by atoms with Crippen molar-refractivity contribution in [3.63, 3.8) is 0 Å². The number of hydrogen-bond acceptors (Lipinski definition) is 4. The second kappa shape index (κ2) is 7.82. The highest BCUT2D eigenvalue weighted by molar-refractivity contribution is 6.10. The van der Waals surface area contributed by atoms with Crippen LogP contribution in [0.2, 0.25) is 0 Å². The van der Waals surface area contributed by atoms with Gasteiger partial charge in [0.05, 0.1) is 11.9 Å². The molecule has 0 fully saturated rings. The second-order valence-corrected chi connectivity index (χ2v) is 5.15. The number of pyridine rings is 1. The zero-order chi connectivity index (χ0) is 17.5. The van der Waals surface area contributed by atoms with E-state index in [0.29, 0.717) is 16.9 Å². The molecule has 0 spiro atoms. The van der Waals surface area contributed by atoms with Crippen molar-refractivity contribution in [3.8, 4) is 0 Å². The molecule has 6 heteroatoms. The molecule has 1 heterocycles. The first kappa shape index (κ1) is 17.1. The first-order chi connectivity index (χ1) is 11.5.